The summed E-state index contributed by atoms with van der Waals surface area (Å²) in [5, 5.41) is 0. The maximum atomic E-state index is 11.8. The van der Waals surface area contributed by atoms with Crippen molar-refractivity contribution in [3.63, 3.8) is 0 Å². The maximum Gasteiger partial charge on any atom is 0.276 e. The minimum absolute atomic E-state index is 0.131. The fraction of sp³-hybridized carbons (Fsp3) is 0.300. The summed E-state index contributed by atoms with van der Waals surface area (Å²) < 4.78 is 11.0. The van der Waals surface area contributed by atoms with Gasteiger partial charge >= 0.3 is 0 Å². The summed E-state index contributed by atoms with van der Waals surface area (Å²) in [6.45, 7) is 5.87. The van der Waals surface area contributed by atoms with Crippen LogP contribution in [0.4, 0.5) is 0 Å². The molecule has 0 fully saturated rings. The van der Waals surface area contributed by atoms with E-state index in [4.69, 9.17) is 9.47 Å². The molecule has 2 rings (SSSR count). The molecule has 0 spiro atoms. The molecule has 2 aromatic rings. The molecule has 6 nitrogen and oxygen atoms in total. The Morgan fingerprint density at radius 1 is 0.846 bits per heavy atom. The normalized spacial score (nSPS) is 10.1. The van der Waals surface area contributed by atoms with E-state index in [0.29, 0.717) is 11.5 Å². The molecule has 2 aromatic carbocycles. The Bertz CT molecular complexity index is 737. The SMILES string of the molecule is Cc1ccc(OCCC(=O)NNC(=O)COc2c(C)cccc2C)cc1. The van der Waals surface area contributed by atoms with E-state index in [2.05, 4.69) is 10.9 Å². The van der Waals surface area contributed by atoms with Gasteiger partial charge in [-0.25, -0.2) is 0 Å². The highest BCUT2D eigenvalue weighted by molar-refractivity contribution is 5.82. The first-order chi connectivity index (χ1) is 12.5. The zero-order valence-corrected chi connectivity index (χ0v) is 15.3. The topological polar surface area (TPSA) is 76.7 Å². The molecular formula is C20H24N2O4. The van der Waals surface area contributed by atoms with Crippen molar-refractivity contribution in [1.29, 1.82) is 0 Å². The lowest BCUT2D eigenvalue weighted by atomic mass is 10.1. The Hall–Kier alpha value is -3.02. The van der Waals surface area contributed by atoms with Gasteiger partial charge < -0.3 is 9.47 Å². The summed E-state index contributed by atoms with van der Waals surface area (Å²) in [7, 11) is 0. The van der Waals surface area contributed by atoms with E-state index < -0.39 is 5.91 Å². The van der Waals surface area contributed by atoms with Gasteiger partial charge in [-0.3, -0.25) is 20.4 Å². The fourth-order valence-corrected chi connectivity index (χ4v) is 2.30. The third-order valence-electron chi connectivity index (χ3n) is 3.72. The first kappa shape index (κ1) is 19.3. The van der Waals surface area contributed by atoms with Crippen LogP contribution in [-0.2, 0) is 9.59 Å². The van der Waals surface area contributed by atoms with Crippen molar-refractivity contribution < 1.29 is 19.1 Å². The molecule has 0 aliphatic rings. The summed E-state index contributed by atoms with van der Waals surface area (Å²) in [5.41, 5.74) is 7.72. The van der Waals surface area contributed by atoms with Gasteiger partial charge in [0.15, 0.2) is 6.61 Å². The van der Waals surface area contributed by atoms with Gasteiger partial charge in [0.1, 0.15) is 11.5 Å². The van der Waals surface area contributed by atoms with Crippen LogP contribution in [0.5, 0.6) is 11.5 Å². The predicted molar refractivity (Wildman–Crippen MR) is 99.0 cm³/mol. The number of aryl methyl sites for hydroxylation is 3. The molecule has 6 heteroatoms. The highest BCUT2D eigenvalue weighted by atomic mass is 16.5. The summed E-state index contributed by atoms with van der Waals surface area (Å²) in [5.74, 6) is 0.618. The van der Waals surface area contributed by atoms with Gasteiger partial charge in [-0.05, 0) is 44.0 Å². The second-order valence-electron chi connectivity index (χ2n) is 6.02. The molecule has 2 N–H and O–H groups in total. The summed E-state index contributed by atoms with van der Waals surface area (Å²) in [4.78, 5) is 23.5. The largest absolute Gasteiger partial charge is 0.493 e. The van der Waals surface area contributed by atoms with Crippen LogP contribution >= 0.6 is 0 Å². The quantitative estimate of drug-likeness (QED) is 0.748. The lowest BCUT2D eigenvalue weighted by Crippen LogP contribution is -2.44. The van der Waals surface area contributed by atoms with Gasteiger partial charge in [0, 0.05) is 0 Å². The summed E-state index contributed by atoms with van der Waals surface area (Å²) >= 11 is 0. The lowest BCUT2D eigenvalue weighted by Gasteiger charge is -2.12. The molecule has 0 aromatic heterocycles. The first-order valence-electron chi connectivity index (χ1n) is 8.42. The Morgan fingerprint density at radius 2 is 1.46 bits per heavy atom. The van der Waals surface area contributed by atoms with Crippen molar-refractivity contribution in [2.24, 2.45) is 0 Å². The number of hydrazine groups is 1. The number of benzene rings is 2. The number of para-hydroxylation sites is 1. The summed E-state index contributed by atoms with van der Waals surface area (Å²) in [6, 6.07) is 13.3. The standard InChI is InChI=1S/C20H24N2O4/c1-14-7-9-17(10-8-14)25-12-11-18(23)21-22-19(24)13-26-20-15(2)5-4-6-16(20)3/h4-10H,11-13H2,1-3H3,(H,21,23)(H,22,24). The van der Waals surface area contributed by atoms with Crippen LogP contribution in [-0.4, -0.2) is 25.0 Å². The number of carbonyl (C=O) groups is 2. The number of amides is 2. The van der Waals surface area contributed by atoms with E-state index in [9.17, 15) is 9.59 Å². The van der Waals surface area contributed by atoms with Gasteiger partial charge in [-0.2, -0.15) is 0 Å². The zero-order chi connectivity index (χ0) is 18.9. The summed E-state index contributed by atoms with van der Waals surface area (Å²) in [6.07, 6.45) is 0.131. The minimum atomic E-state index is -0.430. The number of ether oxygens (including phenoxy) is 2. The van der Waals surface area contributed by atoms with E-state index >= 15 is 0 Å². The zero-order valence-electron chi connectivity index (χ0n) is 15.3. The second-order valence-corrected chi connectivity index (χ2v) is 6.02. The van der Waals surface area contributed by atoms with Crippen molar-refractivity contribution >= 4 is 11.8 Å². The molecule has 2 amide bonds. The van der Waals surface area contributed by atoms with Gasteiger partial charge in [0.25, 0.3) is 5.91 Å². The Balaban J connectivity index is 1.65. The van der Waals surface area contributed by atoms with Crippen LogP contribution in [0, 0.1) is 20.8 Å². The third-order valence-corrected chi connectivity index (χ3v) is 3.72. The highest BCUT2D eigenvalue weighted by Crippen LogP contribution is 2.21. The number of carbonyl (C=O) groups excluding carboxylic acids is 2. The molecule has 0 aliphatic heterocycles. The van der Waals surface area contributed by atoms with Crippen LogP contribution in [0.3, 0.4) is 0 Å². The third kappa shape index (κ3) is 6.12. The average Bonchev–Trinajstić information content (AvgIpc) is 2.61. The first-order valence-corrected chi connectivity index (χ1v) is 8.42. The van der Waals surface area contributed by atoms with Gasteiger partial charge in [0.05, 0.1) is 13.0 Å². The van der Waals surface area contributed by atoms with Crippen molar-refractivity contribution in [3.05, 3.63) is 59.2 Å². The number of hydrogen-bond donors (Lipinski definition) is 2. The Kier molecular flexibility index (Phi) is 7.02. The number of rotatable bonds is 7. The van der Waals surface area contributed by atoms with Crippen LogP contribution in [0.25, 0.3) is 0 Å². The minimum Gasteiger partial charge on any atom is -0.493 e. The van der Waals surface area contributed by atoms with Crippen molar-refractivity contribution in [3.8, 4) is 11.5 Å². The molecule has 0 radical (unpaired) electrons. The van der Waals surface area contributed by atoms with Crippen molar-refractivity contribution in [1.82, 2.24) is 10.9 Å². The van der Waals surface area contributed by atoms with Gasteiger partial charge in [-0.1, -0.05) is 35.9 Å². The van der Waals surface area contributed by atoms with Crippen LogP contribution in [0.2, 0.25) is 0 Å². The molecule has 0 heterocycles. The molecule has 0 aliphatic carbocycles. The average molecular weight is 356 g/mol. The molecule has 0 unspecified atom stereocenters. The molecular weight excluding hydrogens is 332 g/mol. The smallest absolute Gasteiger partial charge is 0.276 e. The van der Waals surface area contributed by atoms with Crippen LogP contribution in [0.1, 0.15) is 23.1 Å². The van der Waals surface area contributed by atoms with Gasteiger partial charge in [-0.15, -0.1) is 0 Å². The van der Waals surface area contributed by atoms with E-state index in [1.807, 2.05) is 63.2 Å². The molecule has 0 bridgehead atoms. The van der Waals surface area contributed by atoms with E-state index in [-0.39, 0.29) is 25.5 Å². The molecule has 0 saturated heterocycles. The lowest BCUT2D eigenvalue weighted by molar-refractivity contribution is -0.130. The van der Waals surface area contributed by atoms with E-state index in [1.54, 1.807) is 0 Å². The van der Waals surface area contributed by atoms with Crippen molar-refractivity contribution in [2.75, 3.05) is 13.2 Å². The fourth-order valence-electron chi connectivity index (χ4n) is 2.30. The predicted octanol–water partition coefficient (Wildman–Crippen LogP) is 2.61. The highest BCUT2D eigenvalue weighted by Gasteiger charge is 2.08. The number of hydrogen-bond acceptors (Lipinski definition) is 4. The van der Waals surface area contributed by atoms with Crippen molar-refractivity contribution in [2.45, 2.75) is 27.2 Å². The van der Waals surface area contributed by atoms with E-state index in [1.165, 1.54) is 0 Å². The molecule has 0 saturated carbocycles. The number of nitrogens with one attached hydrogen (secondary N) is 2. The van der Waals surface area contributed by atoms with E-state index in [0.717, 1.165) is 16.7 Å². The van der Waals surface area contributed by atoms with Gasteiger partial charge in [0.2, 0.25) is 5.91 Å². The second kappa shape index (κ2) is 9.46. The maximum absolute atomic E-state index is 11.8. The monoisotopic (exact) mass is 356 g/mol. The Morgan fingerprint density at radius 3 is 2.12 bits per heavy atom. The van der Waals surface area contributed by atoms with Crippen LogP contribution in [0.15, 0.2) is 42.5 Å². The molecule has 138 valence electrons. The molecule has 26 heavy (non-hydrogen) atoms. The molecule has 0 atom stereocenters. The Labute approximate surface area is 153 Å². The van der Waals surface area contributed by atoms with Crippen LogP contribution < -0.4 is 20.3 Å².